The molecule has 52 heavy (non-hydrogen) atoms. The van der Waals surface area contributed by atoms with Gasteiger partial charge >= 0.3 is 0 Å². The first-order valence-electron chi connectivity index (χ1n) is 17.9. The van der Waals surface area contributed by atoms with Crippen molar-refractivity contribution in [3.8, 4) is 50.6 Å². The number of fused-ring (bicyclic) bond motifs is 4. The molecular weight excluding hydrogens is 635 g/mol. The molecule has 0 spiro atoms. The summed E-state index contributed by atoms with van der Waals surface area (Å²) in [4.78, 5) is 10.5. The molecule has 3 heterocycles. The molecule has 4 nitrogen and oxygen atoms in total. The second-order valence-electron chi connectivity index (χ2n) is 14.8. The van der Waals surface area contributed by atoms with E-state index < -0.39 is 0 Å². The van der Waals surface area contributed by atoms with E-state index in [9.17, 15) is 0 Å². The molecule has 0 N–H and O–H groups in total. The number of furan rings is 1. The number of hydrogen-bond acceptors (Lipinski definition) is 3. The van der Waals surface area contributed by atoms with Crippen LogP contribution >= 0.6 is 0 Å². The summed E-state index contributed by atoms with van der Waals surface area (Å²) < 4.78 is 9.15. The third kappa shape index (κ3) is 5.22. The van der Waals surface area contributed by atoms with E-state index >= 15 is 0 Å². The molecule has 0 radical (unpaired) electrons. The molecule has 0 aliphatic carbocycles. The minimum atomic E-state index is -0.0754. The topological polar surface area (TPSA) is 43.9 Å². The Morgan fingerprint density at radius 2 is 1.17 bits per heavy atom. The molecule has 6 aromatic carbocycles. The van der Waals surface area contributed by atoms with E-state index in [1.165, 1.54) is 16.7 Å². The van der Waals surface area contributed by atoms with Crippen molar-refractivity contribution in [2.45, 2.75) is 40.0 Å². The van der Waals surface area contributed by atoms with Crippen molar-refractivity contribution in [3.63, 3.8) is 0 Å². The van der Waals surface area contributed by atoms with E-state index in [-0.39, 0.29) is 5.41 Å². The molecule has 0 saturated heterocycles. The van der Waals surface area contributed by atoms with Gasteiger partial charge < -0.3 is 4.42 Å². The van der Waals surface area contributed by atoms with Crippen molar-refractivity contribution in [2.24, 2.45) is 0 Å². The third-order valence-corrected chi connectivity index (χ3v) is 10.3. The van der Waals surface area contributed by atoms with Crippen LogP contribution in [-0.2, 0) is 5.41 Å². The van der Waals surface area contributed by atoms with Crippen LogP contribution in [0.3, 0.4) is 0 Å². The zero-order valence-corrected chi connectivity index (χ0v) is 30.1. The molecule has 0 saturated carbocycles. The third-order valence-electron chi connectivity index (χ3n) is 10.3. The highest BCUT2D eigenvalue weighted by atomic mass is 16.3. The number of benzene rings is 6. The molecule has 0 aliphatic heterocycles. The second kappa shape index (κ2) is 12.2. The molecule has 9 aromatic rings. The zero-order valence-electron chi connectivity index (χ0n) is 30.1. The predicted molar refractivity (Wildman–Crippen MR) is 216 cm³/mol. The number of aryl methyl sites for hydroxylation is 2. The molecule has 0 unspecified atom stereocenters. The Balaban J connectivity index is 1.37. The molecule has 3 aromatic heterocycles. The van der Waals surface area contributed by atoms with Crippen molar-refractivity contribution < 1.29 is 4.42 Å². The average molecular weight is 674 g/mol. The molecule has 0 fully saturated rings. The van der Waals surface area contributed by atoms with Crippen LogP contribution in [0.15, 0.2) is 150 Å². The first kappa shape index (κ1) is 31.7. The fraction of sp³-hybridized carbons (Fsp3) is 0.125. The highest BCUT2D eigenvalue weighted by Gasteiger charge is 2.27. The molecule has 252 valence electrons. The van der Waals surface area contributed by atoms with E-state index in [4.69, 9.17) is 14.4 Å². The maximum Gasteiger partial charge on any atom is 0.227 e. The first-order valence-corrected chi connectivity index (χ1v) is 17.9. The van der Waals surface area contributed by atoms with E-state index in [0.29, 0.717) is 5.71 Å². The monoisotopic (exact) mass is 673 g/mol. The summed E-state index contributed by atoms with van der Waals surface area (Å²) in [5.74, 6) is 0.818. The fourth-order valence-corrected chi connectivity index (χ4v) is 7.63. The standard InChI is InChI=1S/C48H39N3O/c1-30-16-14-17-31(2)43(30)41-27-26-36-35-22-15-23-37(45(35)52-47(36)50-41)46-49-40-24-12-13-25-42(40)51(46)44-38(32-18-8-6-9-19-32)28-34(48(3,4)5)29-39(44)33-20-10-7-11-21-33/h6-29H,1-5H3. The number of imidazole rings is 1. The van der Waals surface area contributed by atoms with Crippen LogP contribution in [0.1, 0.15) is 37.5 Å². The highest BCUT2D eigenvalue weighted by Crippen LogP contribution is 2.45. The number of aromatic nitrogens is 3. The SMILES string of the molecule is Cc1cccc(C)c1-c1ccc2c(n1)oc1c(-c3nc4ccccc4n3-c3c(-c4ccccc4)cc(C(C)(C)C)cc3-c3ccccc3)cccc12. The molecule has 9 rings (SSSR count). The Kier molecular flexibility index (Phi) is 7.44. The summed E-state index contributed by atoms with van der Waals surface area (Å²) in [6.45, 7) is 11.1. The minimum absolute atomic E-state index is 0.0754. The molecule has 4 heteroatoms. The van der Waals surface area contributed by atoms with Crippen LogP contribution in [0.4, 0.5) is 0 Å². The van der Waals surface area contributed by atoms with Crippen molar-refractivity contribution in [3.05, 3.63) is 162 Å². The van der Waals surface area contributed by atoms with E-state index in [1.807, 2.05) is 0 Å². The number of para-hydroxylation sites is 3. The molecule has 0 aliphatic rings. The lowest BCUT2D eigenvalue weighted by molar-refractivity contribution is 0.590. The lowest BCUT2D eigenvalue weighted by Crippen LogP contribution is -2.13. The smallest absolute Gasteiger partial charge is 0.227 e. The predicted octanol–water partition coefficient (Wildman–Crippen LogP) is 12.9. The summed E-state index contributed by atoms with van der Waals surface area (Å²) >= 11 is 0. The van der Waals surface area contributed by atoms with E-state index in [2.05, 4.69) is 185 Å². The summed E-state index contributed by atoms with van der Waals surface area (Å²) in [6, 6.07) is 51.6. The van der Waals surface area contributed by atoms with E-state index in [0.717, 1.165) is 78.0 Å². The fourth-order valence-electron chi connectivity index (χ4n) is 7.63. The Bertz CT molecular complexity index is 2700. The van der Waals surface area contributed by atoms with Gasteiger partial charge in [0.2, 0.25) is 5.71 Å². The summed E-state index contributed by atoms with van der Waals surface area (Å²) in [7, 11) is 0. The summed E-state index contributed by atoms with van der Waals surface area (Å²) in [6.07, 6.45) is 0. The Hall–Kier alpha value is -6.26. The van der Waals surface area contributed by atoms with Gasteiger partial charge in [-0.05, 0) is 89.5 Å². The number of rotatable bonds is 5. The lowest BCUT2D eigenvalue weighted by atomic mass is 9.82. The second-order valence-corrected chi connectivity index (χ2v) is 14.8. The number of hydrogen-bond donors (Lipinski definition) is 0. The van der Waals surface area contributed by atoms with Crippen LogP contribution in [0.25, 0.3) is 83.7 Å². The van der Waals surface area contributed by atoms with Crippen LogP contribution in [0, 0.1) is 13.8 Å². The zero-order chi connectivity index (χ0) is 35.6. The van der Waals surface area contributed by atoms with Gasteiger partial charge in [0.1, 0.15) is 11.4 Å². The number of pyridine rings is 1. The van der Waals surface area contributed by atoms with Gasteiger partial charge in [-0.1, -0.05) is 124 Å². The lowest BCUT2D eigenvalue weighted by Gasteiger charge is -2.26. The van der Waals surface area contributed by atoms with Gasteiger partial charge in [0, 0.05) is 27.5 Å². The Morgan fingerprint density at radius 1 is 0.558 bits per heavy atom. The van der Waals surface area contributed by atoms with Crippen molar-refractivity contribution in [1.29, 1.82) is 0 Å². The van der Waals surface area contributed by atoms with Crippen LogP contribution < -0.4 is 0 Å². The quantitative estimate of drug-likeness (QED) is 0.183. The van der Waals surface area contributed by atoms with Gasteiger partial charge in [-0.3, -0.25) is 4.57 Å². The van der Waals surface area contributed by atoms with Crippen molar-refractivity contribution in [2.75, 3.05) is 0 Å². The minimum Gasteiger partial charge on any atom is -0.437 e. The van der Waals surface area contributed by atoms with Crippen molar-refractivity contribution >= 4 is 33.1 Å². The molecule has 0 bridgehead atoms. The molecule has 0 amide bonds. The van der Waals surface area contributed by atoms with Gasteiger partial charge in [0.15, 0.2) is 0 Å². The van der Waals surface area contributed by atoms with Gasteiger partial charge in [-0.15, -0.1) is 0 Å². The van der Waals surface area contributed by atoms with Crippen molar-refractivity contribution in [1.82, 2.24) is 14.5 Å². The Labute approximate surface area is 304 Å². The molecule has 0 atom stereocenters. The van der Waals surface area contributed by atoms with E-state index in [1.54, 1.807) is 0 Å². The average Bonchev–Trinajstić information content (AvgIpc) is 3.73. The Morgan fingerprint density at radius 3 is 1.83 bits per heavy atom. The van der Waals surface area contributed by atoms with Crippen LogP contribution in [0.5, 0.6) is 0 Å². The van der Waals surface area contributed by atoms with Gasteiger partial charge in [-0.2, -0.15) is 0 Å². The van der Waals surface area contributed by atoms with Gasteiger partial charge in [-0.25, -0.2) is 9.97 Å². The van der Waals surface area contributed by atoms with Crippen LogP contribution in [-0.4, -0.2) is 14.5 Å². The first-order chi connectivity index (χ1) is 25.3. The summed E-state index contributed by atoms with van der Waals surface area (Å²) in [5, 5.41) is 2.00. The highest BCUT2D eigenvalue weighted by molar-refractivity contribution is 6.09. The van der Waals surface area contributed by atoms with Gasteiger partial charge in [0.05, 0.1) is 28.0 Å². The summed E-state index contributed by atoms with van der Waals surface area (Å²) in [5.41, 5.74) is 15.6. The largest absolute Gasteiger partial charge is 0.437 e. The number of nitrogens with zero attached hydrogens (tertiary/aromatic N) is 3. The normalized spacial score (nSPS) is 11.9. The maximum absolute atomic E-state index is 6.80. The van der Waals surface area contributed by atoms with Gasteiger partial charge in [0.25, 0.3) is 0 Å². The maximum atomic E-state index is 6.80. The molecular formula is C48H39N3O. The van der Waals surface area contributed by atoms with Crippen LogP contribution in [0.2, 0.25) is 0 Å².